The summed E-state index contributed by atoms with van der Waals surface area (Å²) in [5.41, 5.74) is 1.19. The second-order valence-electron chi connectivity index (χ2n) is 5.69. The minimum atomic E-state index is -0.000176. The number of aliphatic imine (C=N–C) groups is 1. The first-order valence-corrected chi connectivity index (χ1v) is 8.64. The molecule has 1 saturated heterocycles. The largest absolute Gasteiger partial charge is 0.359 e. The molecule has 1 aliphatic heterocycles. The Morgan fingerprint density at radius 2 is 2.47 bits per heavy atom. The Labute approximate surface area is 121 Å². The highest BCUT2D eigenvalue weighted by molar-refractivity contribution is 8.14. The lowest BCUT2D eigenvalue weighted by atomic mass is 9.78. The fourth-order valence-electron chi connectivity index (χ4n) is 3.04. The molecule has 0 radical (unpaired) electrons. The molecule has 0 amide bonds. The Morgan fingerprint density at radius 3 is 3.21 bits per heavy atom. The van der Waals surface area contributed by atoms with E-state index < -0.39 is 0 Å². The van der Waals surface area contributed by atoms with Crippen LogP contribution in [0.4, 0.5) is 0 Å². The lowest BCUT2D eigenvalue weighted by molar-refractivity contribution is 0.242. The molecule has 1 saturated carbocycles. The molecule has 1 aromatic heterocycles. The number of thiazole rings is 1. The van der Waals surface area contributed by atoms with E-state index in [1.807, 2.05) is 17.1 Å². The minimum Gasteiger partial charge on any atom is -0.359 e. The lowest BCUT2D eigenvalue weighted by Gasteiger charge is -2.36. The number of H-pyrrole nitrogens is 1. The Kier molecular flexibility index (Phi) is 3.71. The number of nitrogens with one attached hydrogen (secondary N) is 2. The highest BCUT2D eigenvalue weighted by atomic mass is 32.2. The summed E-state index contributed by atoms with van der Waals surface area (Å²) in [7, 11) is 0. The molecule has 1 aliphatic carbocycles. The van der Waals surface area contributed by atoms with Crippen molar-refractivity contribution in [3.8, 4) is 0 Å². The number of aromatic nitrogens is 1. The Bertz CT molecular complexity index is 536. The Hall–Kier alpha value is -0.750. The van der Waals surface area contributed by atoms with Crippen LogP contribution < -0.4 is 10.2 Å². The van der Waals surface area contributed by atoms with E-state index in [0.717, 1.165) is 22.5 Å². The number of rotatable bonds is 2. The number of nitrogens with zero attached hydrogens (tertiary/aromatic N) is 1. The molecule has 2 unspecified atom stereocenters. The fraction of sp³-hybridized carbons (Fsp3) is 0.692. The van der Waals surface area contributed by atoms with Crippen LogP contribution in [0.5, 0.6) is 0 Å². The average molecular weight is 297 g/mol. The van der Waals surface area contributed by atoms with Crippen molar-refractivity contribution in [3.05, 3.63) is 20.7 Å². The van der Waals surface area contributed by atoms with Crippen molar-refractivity contribution >= 4 is 28.3 Å². The van der Waals surface area contributed by atoms with E-state index in [4.69, 9.17) is 0 Å². The van der Waals surface area contributed by atoms with Crippen LogP contribution in [0.15, 0.2) is 15.2 Å². The van der Waals surface area contributed by atoms with Gasteiger partial charge in [0.15, 0.2) is 5.17 Å². The number of amidine groups is 1. The van der Waals surface area contributed by atoms with Crippen LogP contribution in [0.1, 0.15) is 38.3 Å². The molecule has 1 spiro atoms. The monoisotopic (exact) mass is 297 g/mol. The van der Waals surface area contributed by atoms with E-state index in [0.29, 0.717) is 6.54 Å². The average Bonchev–Trinajstić information content (AvgIpc) is 2.94. The van der Waals surface area contributed by atoms with Gasteiger partial charge in [-0.25, -0.2) is 0 Å². The van der Waals surface area contributed by atoms with Gasteiger partial charge in [-0.05, 0) is 18.8 Å². The number of thioether (sulfide) groups is 1. The van der Waals surface area contributed by atoms with E-state index in [2.05, 4.69) is 22.2 Å². The maximum atomic E-state index is 11.1. The number of hydrogen-bond donors (Lipinski definition) is 2. The van der Waals surface area contributed by atoms with Gasteiger partial charge in [0.2, 0.25) is 0 Å². The van der Waals surface area contributed by atoms with Crippen LogP contribution in [0.3, 0.4) is 0 Å². The van der Waals surface area contributed by atoms with Gasteiger partial charge in [0, 0.05) is 16.7 Å². The molecule has 104 valence electrons. The van der Waals surface area contributed by atoms with E-state index in [-0.39, 0.29) is 10.4 Å². The van der Waals surface area contributed by atoms with E-state index in [1.54, 1.807) is 0 Å². The van der Waals surface area contributed by atoms with Crippen LogP contribution in [0.2, 0.25) is 0 Å². The first kappa shape index (κ1) is 13.2. The molecule has 19 heavy (non-hydrogen) atoms. The summed E-state index contributed by atoms with van der Waals surface area (Å²) < 4.78 is 0. The molecule has 2 fully saturated rings. The first-order valence-electron chi connectivity index (χ1n) is 6.77. The summed E-state index contributed by atoms with van der Waals surface area (Å²) in [4.78, 5) is 18.4. The third-order valence-corrected chi connectivity index (χ3v) is 5.83. The van der Waals surface area contributed by atoms with Gasteiger partial charge < -0.3 is 10.3 Å². The van der Waals surface area contributed by atoms with Crippen LogP contribution >= 0.6 is 23.1 Å². The van der Waals surface area contributed by atoms with Crippen molar-refractivity contribution < 1.29 is 0 Å². The third kappa shape index (κ3) is 3.05. The summed E-state index contributed by atoms with van der Waals surface area (Å²) in [6, 6.07) is 0. The molecular weight excluding hydrogens is 278 g/mol. The van der Waals surface area contributed by atoms with Gasteiger partial charge >= 0.3 is 4.87 Å². The molecule has 2 N–H and O–H groups in total. The molecule has 6 heteroatoms. The fourth-order valence-corrected chi connectivity index (χ4v) is 4.81. The summed E-state index contributed by atoms with van der Waals surface area (Å²) in [6.45, 7) is 2.91. The van der Waals surface area contributed by atoms with Gasteiger partial charge in [0.25, 0.3) is 0 Å². The van der Waals surface area contributed by atoms with Crippen molar-refractivity contribution in [2.45, 2.75) is 44.7 Å². The van der Waals surface area contributed by atoms with Crippen molar-refractivity contribution in [3.63, 3.8) is 0 Å². The van der Waals surface area contributed by atoms with Gasteiger partial charge in [0.1, 0.15) is 0 Å². The van der Waals surface area contributed by atoms with E-state index >= 15 is 0 Å². The van der Waals surface area contributed by atoms with Crippen molar-refractivity contribution in [2.75, 3.05) is 5.75 Å². The van der Waals surface area contributed by atoms with Gasteiger partial charge in [-0.1, -0.05) is 42.9 Å². The van der Waals surface area contributed by atoms with Crippen LogP contribution in [-0.2, 0) is 6.54 Å². The molecule has 1 aromatic rings. The van der Waals surface area contributed by atoms with E-state index in [1.165, 1.54) is 37.0 Å². The second-order valence-corrected chi connectivity index (χ2v) is 7.50. The summed E-state index contributed by atoms with van der Waals surface area (Å²) in [5, 5.41) is 6.53. The maximum absolute atomic E-state index is 11.1. The summed E-state index contributed by atoms with van der Waals surface area (Å²) in [6.07, 6.45) is 5.20. The zero-order valence-electron chi connectivity index (χ0n) is 11.1. The Balaban J connectivity index is 1.63. The van der Waals surface area contributed by atoms with Crippen LogP contribution in [0.25, 0.3) is 0 Å². The van der Waals surface area contributed by atoms with Gasteiger partial charge in [-0.15, -0.1) is 0 Å². The molecule has 2 aliphatic rings. The smallest absolute Gasteiger partial charge is 0.304 e. The standard InChI is InChI=1S/C13H19N3OS2/c1-9-3-2-4-13(5-9)8-19-11(16-13)14-6-10-7-18-12(17)15-10/h7,9H,2-6,8H2,1H3,(H,14,16)(H,15,17). The molecule has 0 aromatic carbocycles. The third-order valence-electron chi connectivity index (χ3n) is 3.91. The highest BCUT2D eigenvalue weighted by Crippen LogP contribution is 2.38. The van der Waals surface area contributed by atoms with Crippen LogP contribution in [-0.4, -0.2) is 21.4 Å². The number of aromatic amines is 1. The predicted octanol–water partition coefficient (Wildman–Crippen LogP) is 2.58. The summed E-state index contributed by atoms with van der Waals surface area (Å²) >= 11 is 3.03. The molecule has 4 nitrogen and oxygen atoms in total. The minimum absolute atomic E-state index is 0.000176. The predicted molar refractivity (Wildman–Crippen MR) is 82.0 cm³/mol. The second kappa shape index (κ2) is 5.32. The lowest BCUT2D eigenvalue weighted by Crippen LogP contribution is -2.47. The summed E-state index contributed by atoms with van der Waals surface area (Å²) in [5.74, 6) is 1.95. The van der Waals surface area contributed by atoms with E-state index in [9.17, 15) is 4.79 Å². The molecule has 0 bridgehead atoms. The molecule has 2 heterocycles. The van der Waals surface area contributed by atoms with Gasteiger partial charge in [-0.2, -0.15) is 0 Å². The van der Waals surface area contributed by atoms with Crippen molar-refractivity contribution in [1.29, 1.82) is 0 Å². The SMILES string of the molecule is CC1CCCC2(CSC(=NCc3csc(=O)[nH]3)N2)C1. The highest BCUT2D eigenvalue weighted by Gasteiger charge is 2.40. The van der Waals surface area contributed by atoms with Crippen molar-refractivity contribution in [1.82, 2.24) is 10.3 Å². The molecule has 2 atom stereocenters. The number of hydrogen-bond acceptors (Lipinski definition) is 4. The van der Waals surface area contributed by atoms with Gasteiger partial charge in [0.05, 0.1) is 12.2 Å². The van der Waals surface area contributed by atoms with Crippen LogP contribution in [0, 0.1) is 5.92 Å². The zero-order valence-corrected chi connectivity index (χ0v) is 12.7. The molecule has 3 rings (SSSR count). The normalized spacial score (nSPS) is 32.9. The first-order chi connectivity index (χ1) is 9.15. The maximum Gasteiger partial charge on any atom is 0.304 e. The quantitative estimate of drug-likeness (QED) is 0.882. The topological polar surface area (TPSA) is 57.2 Å². The zero-order chi connectivity index (χ0) is 13.3. The van der Waals surface area contributed by atoms with Crippen molar-refractivity contribution in [2.24, 2.45) is 10.9 Å². The Morgan fingerprint density at radius 1 is 1.58 bits per heavy atom. The van der Waals surface area contributed by atoms with Gasteiger partial charge in [-0.3, -0.25) is 9.79 Å². The molecular formula is C13H19N3OS2.